The monoisotopic (exact) mass is 863 g/mol. The zero-order valence-electron chi connectivity index (χ0n) is 32.6. The van der Waals surface area contributed by atoms with E-state index in [1.807, 2.05) is 97.1 Å². The maximum absolute atomic E-state index is 14.3. The van der Waals surface area contributed by atoms with E-state index in [-0.39, 0.29) is 61.3 Å². The van der Waals surface area contributed by atoms with Crippen molar-refractivity contribution < 1.29 is 61.3 Å². The van der Waals surface area contributed by atoms with Crippen LogP contribution in [0.2, 0.25) is 0 Å². The van der Waals surface area contributed by atoms with Crippen molar-refractivity contribution in [1.29, 1.82) is 0 Å². The van der Waals surface area contributed by atoms with Crippen LogP contribution >= 0.6 is 15.6 Å². The van der Waals surface area contributed by atoms with Gasteiger partial charge >= 0.3 is 15.6 Å². The number of nitrogens with zero attached hydrogens (tertiary/aromatic N) is 1. The van der Waals surface area contributed by atoms with Crippen molar-refractivity contribution >= 4 is 26.5 Å². The minimum atomic E-state index is -5.22. The molecule has 1 aromatic heterocycles. The van der Waals surface area contributed by atoms with E-state index < -0.39 is 15.6 Å². The zero-order valence-corrected chi connectivity index (χ0v) is 34.4. The summed E-state index contributed by atoms with van der Waals surface area (Å²) in [5.41, 5.74) is 4.82. The van der Waals surface area contributed by atoms with Crippen LogP contribution in [-0.4, -0.2) is 28.7 Å². The maximum Gasteiger partial charge on any atom is 0.585 e. The number of rotatable bonds is 18. The first kappa shape index (κ1) is 41.7. The number of hydrogen-bond donors (Lipinski definition) is 2. The van der Waals surface area contributed by atoms with E-state index in [0.29, 0.717) is 33.6 Å². The van der Waals surface area contributed by atoms with Crippen molar-refractivity contribution in [2.75, 3.05) is 13.9 Å². The summed E-state index contributed by atoms with van der Waals surface area (Å²) in [5, 5.41) is 0.322. The predicted octanol–water partition coefficient (Wildman–Crippen LogP) is 10.1. The molecule has 7 aromatic rings. The van der Waals surface area contributed by atoms with Crippen LogP contribution in [0, 0.1) is 0 Å². The Balaban J connectivity index is 1.26. The fourth-order valence-corrected chi connectivity index (χ4v) is 8.04. The van der Waals surface area contributed by atoms with Crippen LogP contribution in [0.4, 0.5) is 0 Å². The lowest BCUT2D eigenvalue weighted by Crippen LogP contribution is -2.06. The van der Waals surface area contributed by atoms with E-state index in [1.54, 1.807) is 36.4 Å². The van der Waals surface area contributed by atoms with Gasteiger partial charge in [0.25, 0.3) is 0 Å². The standard InChI is InChI=1S/C45H39NO13P2/c1-51-36-24-35(25-37(26-36)56-61(50,58-54-28-33-18-10-4-11-19-33)59-55-29-34-20-12-5-13-21-34)43-39(23-32-16-8-3-9-17-32)45(57-60(47,48)49)42-38(22-31-14-6-2-7-15-31)44-41(52-30-53-44)27-40(42)46-43/h2-21,24-27H,22-23,28-30H2,1H3,(H2,47,48,49). The third kappa shape index (κ3) is 10.5. The topological polar surface area (TPSA) is 171 Å². The second kappa shape index (κ2) is 18.7. The number of phosphoric ester groups is 1. The number of aromatic nitrogens is 1. The van der Waals surface area contributed by atoms with Gasteiger partial charge in [-0.1, -0.05) is 121 Å². The molecule has 8 rings (SSSR count). The third-order valence-corrected chi connectivity index (χ3v) is 10.9. The Bertz CT molecular complexity index is 2650. The number of phosphoric acid groups is 2. The Morgan fingerprint density at radius 2 is 1.15 bits per heavy atom. The van der Waals surface area contributed by atoms with Gasteiger partial charge in [0.15, 0.2) is 11.5 Å². The molecule has 2 N–H and O–H groups in total. The molecule has 0 atom stereocenters. The Morgan fingerprint density at radius 1 is 0.623 bits per heavy atom. The highest BCUT2D eigenvalue weighted by molar-refractivity contribution is 7.48. The fourth-order valence-electron chi connectivity index (χ4n) is 6.79. The summed E-state index contributed by atoms with van der Waals surface area (Å²) in [5.74, 6) is 0.835. The second-order valence-electron chi connectivity index (χ2n) is 13.7. The van der Waals surface area contributed by atoms with Gasteiger partial charge in [-0.25, -0.2) is 23.9 Å². The highest BCUT2D eigenvalue weighted by Gasteiger charge is 2.35. The van der Waals surface area contributed by atoms with E-state index in [2.05, 4.69) is 0 Å². The Labute approximate surface area is 350 Å². The molecule has 312 valence electrons. The molecule has 0 aliphatic carbocycles. The number of pyridine rings is 1. The summed E-state index contributed by atoms with van der Waals surface area (Å²) in [6, 6.07) is 43.2. The molecule has 16 heteroatoms. The molecule has 0 bridgehead atoms. The summed E-state index contributed by atoms with van der Waals surface area (Å²) >= 11 is 0. The van der Waals surface area contributed by atoms with Crippen molar-refractivity contribution in [1.82, 2.24) is 4.98 Å². The molecule has 2 heterocycles. The van der Waals surface area contributed by atoms with E-state index >= 15 is 0 Å². The van der Waals surface area contributed by atoms with Gasteiger partial charge in [-0.2, -0.15) is 0 Å². The van der Waals surface area contributed by atoms with Gasteiger partial charge in [-0.05, 0) is 34.4 Å². The summed E-state index contributed by atoms with van der Waals surface area (Å²) < 4.78 is 67.0. The zero-order chi connectivity index (χ0) is 42.2. The van der Waals surface area contributed by atoms with Gasteiger partial charge in [-0.15, -0.1) is 9.35 Å². The molecule has 61 heavy (non-hydrogen) atoms. The van der Waals surface area contributed by atoms with E-state index in [9.17, 15) is 18.9 Å². The van der Waals surface area contributed by atoms with E-state index in [1.165, 1.54) is 19.2 Å². The van der Waals surface area contributed by atoms with Gasteiger partial charge in [0.05, 0.1) is 23.7 Å². The number of methoxy groups -OCH3 is 1. The molecule has 1 aliphatic heterocycles. The molecule has 0 unspecified atom stereocenters. The van der Waals surface area contributed by atoms with Gasteiger partial charge in [0.1, 0.15) is 30.5 Å². The van der Waals surface area contributed by atoms with Crippen LogP contribution in [-0.2, 0) is 54.3 Å². The van der Waals surface area contributed by atoms with Gasteiger partial charge in [0.2, 0.25) is 6.79 Å². The molecule has 0 radical (unpaired) electrons. The first-order valence-corrected chi connectivity index (χ1v) is 21.9. The highest BCUT2D eigenvalue weighted by Crippen LogP contribution is 2.54. The molecule has 0 fully saturated rings. The third-order valence-electron chi connectivity index (χ3n) is 9.45. The average molecular weight is 864 g/mol. The quantitative estimate of drug-likeness (QED) is 0.0474. The molecule has 0 saturated heterocycles. The molecule has 14 nitrogen and oxygen atoms in total. The van der Waals surface area contributed by atoms with Crippen molar-refractivity contribution in [3.05, 3.63) is 179 Å². The normalized spacial score (nSPS) is 12.4. The number of ether oxygens (including phenoxy) is 3. The highest BCUT2D eigenvalue weighted by atomic mass is 31.2. The lowest BCUT2D eigenvalue weighted by Gasteiger charge is -2.22. The number of fused-ring (bicyclic) bond motifs is 2. The van der Waals surface area contributed by atoms with Crippen LogP contribution < -0.4 is 23.3 Å². The van der Waals surface area contributed by atoms with Crippen molar-refractivity contribution in [3.8, 4) is 40.0 Å². The van der Waals surface area contributed by atoms with Gasteiger partial charge in [0, 0.05) is 41.7 Å². The van der Waals surface area contributed by atoms with Crippen molar-refractivity contribution in [2.24, 2.45) is 0 Å². The predicted molar refractivity (Wildman–Crippen MR) is 224 cm³/mol. The van der Waals surface area contributed by atoms with Crippen LogP contribution in [0.1, 0.15) is 33.4 Å². The number of benzene rings is 6. The molecule has 6 aromatic carbocycles. The first-order valence-electron chi connectivity index (χ1n) is 18.9. The summed E-state index contributed by atoms with van der Waals surface area (Å²) in [4.78, 5) is 36.8. The van der Waals surface area contributed by atoms with Gasteiger partial charge in [-0.3, -0.25) is 9.79 Å². The number of hydrogen-bond acceptors (Lipinski definition) is 12. The molecule has 0 saturated carbocycles. The minimum absolute atomic E-state index is 0.0727. The van der Waals surface area contributed by atoms with Crippen molar-refractivity contribution in [3.63, 3.8) is 0 Å². The lowest BCUT2D eigenvalue weighted by molar-refractivity contribution is -0.287. The molecule has 0 spiro atoms. The van der Waals surface area contributed by atoms with E-state index in [4.69, 9.17) is 47.4 Å². The van der Waals surface area contributed by atoms with Crippen LogP contribution in [0.5, 0.6) is 28.7 Å². The summed E-state index contributed by atoms with van der Waals surface area (Å²) in [6.07, 6.45) is 0.394. The fraction of sp³-hybridized carbons (Fsp3) is 0.133. The molecule has 0 amide bonds. The van der Waals surface area contributed by atoms with Gasteiger partial charge < -0.3 is 23.3 Å². The van der Waals surface area contributed by atoms with Crippen LogP contribution in [0.3, 0.4) is 0 Å². The van der Waals surface area contributed by atoms with Crippen LogP contribution in [0.15, 0.2) is 146 Å². The van der Waals surface area contributed by atoms with Crippen molar-refractivity contribution in [2.45, 2.75) is 26.1 Å². The largest absolute Gasteiger partial charge is 0.585 e. The Hall–Kier alpha value is -6.05. The summed E-state index contributed by atoms with van der Waals surface area (Å²) in [6.45, 7) is -0.274. The minimum Gasteiger partial charge on any atom is -0.497 e. The maximum atomic E-state index is 14.3. The Morgan fingerprint density at radius 3 is 1.69 bits per heavy atom. The SMILES string of the molecule is COc1cc(OP(=O)(OOCc2ccccc2)OOCc2ccccc2)cc(-c2nc3cc4c(c(Cc5ccccc5)c3c(OP(=O)(O)O)c2Cc2ccccc2)OCO4)c1. The molecular weight excluding hydrogens is 824 g/mol. The van der Waals surface area contributed by atoms with Crippen LogP contribution in [0.25, 0.3) is 22.2 Å². The Kier molecular flexibility index (Phi) is 12.8. The average Bonchev–Trinajstić information content (AvgIpc) is 3.74. The lowest BCUT2D eigenvalue weighted by atomic mass is 9.92. The second-order valence-corrected chi connectivity index (χ2v) is 16.3. The molecule has 1 aliphatic rings. The van der Waals surface area contributed by atoms with E-state index in [0.717, 1.165) is 22.3 Å². The summed E-state index contributed by atoms with van der Waals surface area (Å²) in [7, 11) is -8.52. The molecular formula is C45H39NO13P2. The first-order chi connectivity index (χ1) is 29.6. The smallest absolute Gasteiger partial charge is 0.497 e.